The fourth-order valence-corrected chi connectivity index (χ4v) is 3.78. The van der Waals surface area contributed by atoms with Crippen molar-refractivity contribution in [3.8, 4) is 5.88 Å². The van der Waals surface area contributed by atoms with Crippen molar-refractivity contribution in [1.82, 2.24) is 9.88 Å². The van der Waals surface area contributed by atoms with Crippen LogP contribution in [0, 0.1) is 0 Å². The molecule has 4 rings (SSSR count). The van der Waals surface area contributed by atoms with E-state index in [0.717, 1.165) is 30.6 Å². The van der Waals surface area contributed by atoms with Crippen LogP contribution < -0.4 is 4.74 Å². The second-order valence-electron chi connectivity index (χ2n) is 6.49. The van der Waals surface area contributed by atoms with Gasteiger partial charge in [-0.05, 0) is 42.2 Å². The van der Waals surface area contributed by atoms with Crippen molar-refractivity contribution in [2.75, 3.05) is 13.2 Å². The van der Waals surface area contributed by atoms with Crippen molar-refractivity contribution < 1.29 is 14.3 Å². The number of hydrogen-bond acceptors (Lipinski definition) is 4. The first-order valence-corrected chi connectivity index (χ1v) is 9.33. The van der Waals surface area contributed by atoms with Gasteiger partial charge in [-0.1, -0.05) is 29.3 Å². The van der Waals surface area contributed by atoms with Gasteiger partial charge in [0.1, 0.15) is 12.2 Å². The molecule has 0 bridgehead atoms. The lowest BCUT2D eigenvalue weighted by Crippen LogP contribution is -2.24. The van der Waals surface area contributed by atoms with Gasteiger partial charge < -0.3 is 14.4 Å². The molecule has 0 aliphatic carbocycles. The molecular weight excluding hydrogens is 375 g/mol. The zero-order valence-corrected chi connectivity index (χ0v) is 15.6. The molecule has 1 fully saturated rings. The number of benzene rings is 1. The molecule has 26 heavy (non-hydrogen) atoms. The quantitative estimate of drug-likeness (QED) is 0.768. The zero-order chi connectivity index (χ0) is 18.1. The Morgan fingerprint density at radius 3 is 2.96 bits per heavy atom. The molecule has 1 unspecified atom stereocenters. The van der Waals surface area contributed by atoms with Crippen molar-refractivity contribution in [3.63, 3.8) is 0 Å². The molecule has 0 N–H and O–H groups in total. The number of rotatable bonds is 5. The first-order valence-electron chi connectivity index (χ1n) is 8.57. The minimum absolute atomic E-state index is 0.0770. The molecule has 136 valence electrons. The van der Waals surface area contributed by atoms with Crippen LogP contribution in [0.5, 0.6) is 5.88 Å². The van der Waals surface area contributed by atoms with E-state index in [2.05, 4.69) is 4.98 Å². The monoisotopic (exact) mass is 392 g/mol. The molecule has 2 aromatic rings. The highest BCUT2D eigenvalue weighted by molar-refractivity contribution is 6.35. The number of carbonyl (C=O) groups is 1. The summed E-state index contributed by atoms with van der Waals surface area (Å²) in [5, 5.41) is 1.12. The second kappa shape index (κ2) is 7.43. The van der Waals surface area contributed by atoms with Gasteiger partial charge in [-0.2, -0.15) is 0 Å². The number of carbonyl (C=O) groups excluding carboxylic acids is 1. The number of fused-ring (bicyclic) bond motifs is 1. The Kier molecular flexibility index (Phi) is 5.02. The predicted octanol–water partition coefficient (Wildman–Crippen LogP) is 4.10. The second-order valence-corrected chi connectivity index (χ2v) is 7.34. The van der Waals surface area contributed by atoms with Gasteiger partial charge in [0.2, 0.25) is 5.88 Å². The zero-order valence-electron chi connectivity index (χ0n) is 14.1. The molecule has 1 aromatic carbocycles. The first kappa shape index (κ1) is 17.6. The highest BCUT2D eigenvalue weighted by Crippen LogP contribution is 2.32. The van der Waals surface area contributed by atoms with Crippen LogP contribution >= 0.6 is 23.2 Å². The summed E-state index contributed by atoms with van der Waals surface area (Å²) in [6.45, 7) is 2.10. The molecule has 0 spiro atoms. The number of halogens is 2. The summed E-state index contributed by atoms with van der Waals surface area (Å²) in [6, 6.07) is 7.15. The fourth-order valence-electron chi connectivity index (χ4n) is 3.32. The van der Waals surface area contributed by atoms with E-state index in [1.165, 1.54) is 0 Å². The number of pyridine rings is 1. The van der Waals surface area contributed by atoms with Crippen LogP contribution in [-0.2, 0) is 17.8 Å². The van der Waals surface area contributed by atoms with E-state index in [0.29, 0.717) is 41.2 Å². The Labute approximate surface area is 161 Å². The van der Waals surface area contributed by atoms with Crippen LogP contribution in [0.4, 0.5) is 0 Å². The Hall–Kier alpha value is -1.82. The van der Waals surface area contributed by atoms with Crippen molar-refractivity contribution in [2.45, 2.75) is 32.0 Å². The van der Waals surface area contributed by atoms with Crippen LogP contribution in [0.15, 0.2) is 30.5 Å². The molecule has 1 amide bonds. The smallest absolute Gasteiger partial charge is 0.260 e. The van der Waals surface area contributed by atoms with Gasteiger partial charge in [0.15, 0.2) is 0 Å². The van der Waals surface area contributed by atoms with Gasteiger partial charge in [-0.25, -0.2) is 4.98 Å². The molecule has 5 nitrogen and oxygen atoms in total. The molecule has 7 heteroatoms. The normalized spacial score (nSPS) is 19.1. The summed E-state index contributed by atoms with van der Waals surface area (Å²) in [5.41, 5.74) is 2.31. The fraction of sp³-hybridized carbons (Fsp3) is 0.368. The first-order chi connectivity index (χ1) is 12.6. The number of amides is 1. The molecule has 0 radical (unpaired) electrons. The van der Waals surface area contributed by atoms with Crippen molar-refractivity contribution in [2.24, 2.45) is 0 Å². The van der Waals surface area contributed by atoms with Gasteiger partial charge >= 0.3 is 0 Å². The van der Waals surface area contributed by atoms with Gasteiger partial charge in [0, 0.05) is 35.9 Å². The molecule has 0 saturated carbocycles. The number of nitrogens with zero attached hydrogens (tertiary/aromatic N) is 2. The summed E-state index contributed by atoms with van der Waals surface area (Å²) >= 11 is 12.2. The molecule has 1 saturated heterocycles. The van der Waals surface area contributed by atoms with E-state index >= 15 is 0 Å². The van der Waals surface area contributed by atoms with Crippen LogP contribution in [0.3, 0.4) is 0 Å². The SMILES string of the molecule is O=C1c2c(ccnc2OCC2CCCO2)CN1Cc1ccc(Cl)cc1Cl. The van der Waals surface area contributed by atoms with Crippen molar-refractivity contribution in [1.29, 1.82) is 0 Å². The summed E-state index contributed by atoms with van der Waals surface area (Å²) in [6.07, 6.45) is 3.77. The van der Waals surface area contributed by atoms with E-state index in [4.69, 9.17) is 32.7 Å². The molecule has 3 heterocycles. The largest absolute Gasteiger partial charge is 0.474 e. The lowest BCUT2D eigenvalue weighted by Gasteiger charge is -2.17. The maximum Gasteiger partial charge on any atom is 0.260 e. The topological polar surface area (TPSA) is 51.7 Å². The third kappa shape index (κ3) is 3.52. The van der Waals surface area contributed by atoms with Gasteiger partial charge in [-0.15, -0.1) is 0 Å². The minimum Gasteiger partial charge on any atom is -0.474 e. The van der Waals surface area contributed by atoms with E-state index in [1.54, 1.807) is 23.2 Å². The van der Waals surface area contributed by atoms with E-state index in [-0.39, 0.29) is 12.0 Å². The predicted molar refractivity (Wildman–Crippen MR) is 98.7 cm³/mol. The van der Waals surface area contributed by atoms with Crippen LogP contribution in [0.25, 0.3) is 0 Å². The van der Waals surface area contributed by atoms with Crippen molar-refractivity contribution >= 4 is 29.1 Å². The van der Waals surface area contributed by atoms with Crippen LogP contribution in [-0.4, -0.2) is 35.1 Å². The molecule has 1 aromatic heterocycles. The average Bonchev–Trinajstić information content (AvgIpc) is 3.24. The Morgan fingerprint density at radius 2 is 2.19 bits per heavy atom. The lowest BCUT2D eigenvalue weighted by molar-refractivity contribution is 0.0643. The third-order valence-electron chi connectivity index (χ3n) is 4.67. The minimum atomic E-state index is -0.0959. The molecular formula is C19H18Cl2N2O3. The third-order valence-corrected chi connectivity index (χ3v) is 5.26. The summed E-state index contributed by atoms with van der Waals surface area (Å²) < 4.78 is 11.4. The summed E-state index contributed by atoms with van der Waals surface area (Å²) in [7, 11) is 0. The van der Waals surface area contributed by atoms with Crippen LogP contribution in [0.2, 0.25) is 10.0 Å². The van der Waals surface area contributed by atoms with Gasteiger partial charge in [-0.3, -0.25) is 4.79 Å². The Bertz CT molecular complexity index is 838. The number of hydrogen-bond donors (Lipinski definition) is 0. The maximum absolute atomic E-state index is 12.9. The van der Waals surface area contributed by atoms with E-state index < -0.39 is 0 Å². The maximum atomic E-state index is 12.9. The Morgan fingerprint density at radius 1 is 1.31 bits per heavy atom. The molecule has 2 aliphatic rings. The van der Waals surface area contributed by atoms with Gasteiger partial charge in [0.05, 0.1) is 6.10 Å². The standard InChI is InChI=1S/C19H18Cl2N2O3/c20-14-4-3-12(16(21)8-14)9-23-10-13-5-6-22-18(17(13)19(23)24)26-11-15-2-1-7-25-15/h3-6,8,15H,1-2,7,9-11H2. The van der Waals surface area contributed by atoms with Gasteiger partial charge in [0.25, 0.3) is 5.91 Å². The number of ether oxygens (including phenoxy) is 2. The lowest BCUT2D eigenvalue weighted by atomic mass is 10.2. The van der Waals surface area contributed by atoms with Crippen molar-refractivity contribution in [3.05, 3.63) is 57.2 Å². The van der Waals surface area contributed by atoms with Crippen LogP contribution in [0.1, 0.15) is 34.3 Å². The van der Waals surface area contributed by atoms with E-state index in [9.17, 15) is 4.79 Å². The summed E-state index contributed by atoms with van der Waals surface area (Å²) in [5.74, 6) is 0.286. The molecule has 1 atom stereocenters. The summed E-state index contributed by atoms with van der Waals surface area (Å²) in [4.78, 5) is 18.9. The van der Waals surface area contributed by atoms with E-state index in [1.807, 2.05) is 12.1 Å². The highest BCUT2D eigenvalue weighted by Gasteiger charge is 2.32. The Balaban J connectivity index is 1.50. The highest BCUT2D eigenvalue weighted by atomic mass is 35.5. The molecule has 2 aliphatic heterocycles. The average molecular weight is 393 g/mol. The number of aromatic nitrogens is 1.